The van der Waals surface area contributed by atoms with Gasteiger partial charge in [-0.25, -0.2) is 4.98 Å². The molecular weight excluding hydrogens is 240 g/mol. The number of thioether (sulfide) groups is 1. The van der Waals surface area contributed by atoms with Gasteiger partial charge in [-0.2, -0.15) is 16.1 Å². The monoisotopic (exact) mass is 256 g/mol. The van der Waals surface area contributed by atoms with E-state index in [-0.39, 0.29) is 0 Å². The Morgan fingerprint density at radius 3 is 2.62 bits per heavy atom. The van der Waals surface area contributed by atoms with Crippen LogP contribution in [0, 0.1) is 6.92 Å². The standard InChI is InChI=1S/C10H16N4S2/c1-8-11-10(16-12-8)14-6-9(7-14)13-2-4-15-5-3-13/h9H,2-7H2,1H3. The zero-order chi connectivity index (χ0) is 11.0. The minimum atomic E-state index is 0.755. The SMILES string of the molecule is Cc1nsc(N2CC(N3CCSCC3)C2)n1. The van der Waals surface area contributed by atoms with Crippen LogP contribution in [0.2, 0.25) is 0 Å². The van der Waals surface area contributed by atoms with Crippen LogP contribution in [0.4, 0.5) is 5.13 Å². The maximum Gasteiger partial charge on any atom is 0.205 e. The third kappa shape index (κ3) is 2.06. The number of aryl methyl sites for hydroxylation is 1. The molecule has 6 heteroatoms. The molecule has 0 aromatic carbocycles. The summed E-state index contributed by atoms with van der Waals surface area (Å²) < 4.78 is 4.23. The number of hydrogen-bond donors (Lipinski definition) is 0. The van der Waals surface area contributed by atoms with Gasteiger partial charge in [-0.05, 0) is 6.92 Å². The van der Waals surface area contributed by atoms with Crippen LogP contribution in [0.15, 0.2) is 0 Å². The van der Waals surface area contributed by atoms with Gasteiger partial charge in [0.05, 0.1) is 0 Å². The summed E-state index contributed by atoms with van der Waals surface area (Å²) >= 11 is 3.60. The molecule has 0 radical (unpaired) electrons. The van der Waals surface area contributed by atoms with Gasteiger partial charge in [0.25, 0.3) is 0 Å². The van der Waals surface area contributed by atoms with Crippen LogP contribution in [0.1, 0.15) is 5.82 Å². The van der Waals surface area contributed by atoms with Crippen LogP contribution in [0.25, 0.3) is 0 Å². The van der Waals surface area contributed by atoms with Crippen LogP contribution in [-0.2, 0) is 0 Å². The molecule has 2 fully saturated rings. The highest BCUT2D eigenvalue weighted by Crippen LogP contribution is 2.26. The van der Waals surface area contributed by atoms with E-state index in [0.29, 0.717) is 0 Å². The molecule has 0 unspecified atom stereocenters. The zero-order valence-corrected chi connectivity index (χ0v) is 11.1. The van der Waals surface area contributed by atoms with Crippen molar-refractivity contribution in [3.63, 3.8) is 0 Å². The van der Waals surface area contributed by atoms with E-state index in [9.17, 15) is 0 Å². The lowest BCUT2D eigenvalue weighted by Gasteiger charge is -2.46. The van der Waals surface area contributed by atoms with Crippen molar-refractivity contribution in [2.45, 2.75) is 13.0 Å². The summed E-state index contributed by atoms with van der Waals surface area (Å²) in [4.78, 5) is 9.39. The first kappa shape index (κ1) is 10.8. The van der Waals surface area contributed by atoms with E-state index in [2.05, 4.69) is 30.9 Å². The number of aromatic nitrogens is 2. The Balaban J connectivity index is 1.54. The van der Waals surface area contributed by atoms with Crippen molar-refractivity contribution >= 4 is 28.4 Å². The summed E-state index contributed by atoms with van der Waals surface area (Å²) in [6, 6.07) is 0.755. The first-order chi connectivity index (χ1) is 7.83. The Kier molecular flexibility index (Phi) is 3.04. The van der Waals surface area contributed by atoms with Crippen LogP contribution >= 0.6 is 23.3 Å². The number of rotatable bonds is 2. The largest absolute Gasteiger partial charge is 0.344 e. The maximum atomic E-state index is 4.42. The van der Waals surface area contributed by atoms with Gasteiger partial charge >= 0.3 is 0 Å². The van der Waals surface area contributed by atoms with Gasteiger partial charge in [0.15, 0.2) is 0 Å². The molecular formula is C10H16N4S2. The molecule has 2 aliphatic heterocycles. The molecule has 2 aliphatic rings. The van der Waals surface area contributed by atoms with Crippen LogP contribution < -0.4 is 4.90 Å². The molecule has 0 aliphatic carbocycles. The molecule has 2 saturated heterocycles. The molecule has 88 valence electrons. The Morgan fingerprint density at radius 1 is 1.25 bits per heavy atom. The number of hydrogen-bond acceptors (Lipinski definition) is 6. The highest BCUT2D eigenvalue weighted by molar-refractivity contribution is 7.99. The average molecular weight is 256 g/mol. The minimum absolute atomic E-state index is 0.755. The molecule has 0 atom stereocenters. The fourth-order valence-electron chi connectivity index (χ4n) is 2.20. The third-order valence-corrected chi connectivity index (χ3v) is 5.02. The van der Waals surface area contributed by atoms with Crippen LogP contribution in [0.3, 0.4) is 0 Å². The molecule has 0 amide bonds. The summed E-state index contributed by atoms with van der Waals surface area (Å²) in [5, 5.41) is 1.10. The Labute approximate surface area is 104 Å². The van der Waals surface area contributed by atoms with E-state index in [1.54, 1.807) is 0 Å². The number of anilines is 1. The Morgan fingerprint density at radius 2 is 2.00 bits per heavy atom. The highest BCUT2D eigenvalue weighted by Gasteiger charge is 2.33. The van der Waals surface area contributed by atoms with E-state index in [0.717, 1.165) is 30.1 Å². The van der Waals surface area contributed by atoms with Crippen molar-refractivity contribution in [2.24, 2.45) is 0 Å². The molecule has 4 nitrogen and oxygen atoms in total. The van der Waals surface area contributed by atoms with E-state index in [4.69, 9.17) is 0 Å². The van der Waals surface area contributed by atoms with E-state index in [1.807, 2.05) is 6.92 Å². The molecule has 1 aromatic rings. The third-order valence-electron chi connectivity index (χ3n) is 3.21. The Bertz CT molecular complexity index is 355. The molecule has 1 aromatic heterocycles. The predicted octanol–water partition coefficient (Wildman–Crippen LogP) is 1.08. The fraction of sp³-hybridized carbons (Fsp3) is 0.800. The molecule has 16 heavy (non-hydrogen) atoms. The maximum absolute atomic E-state index is 4.42. The lowest BCUT2D eigenvalue weighted by molar-refractivity contribution is 0.183. The van der Waals surface area contributed by atoms with Crippen molar-refractivity contribution in [1.82, 2.24) is 14.3 Å². The van der Waals surface area contributed by atoms with Crippen molar-refractivity contribution in [3.8, 4) is 0 Å². The zero-order valence-electron chi connectivity index (χ0n) is 9.43. The van der Waals surface area contributed by atoms with Crippen LogP contribution in [-0.4, -0.2) is 58.0 Å². The predicted molar refractivity (Wildman–Crippen MR) is 69.5 cm³/mol. The molecule has 0 N–H and O–H groups in total. The summed E-state index contributed by atoms with van der Waals surface area (Å²) in [6.07, 6.45) is 0. The second-order valence-electron chi connectivity index (χ2n) is 4.33. The number of nitrogens with zero attached hydrogens (tertiary/aromatic N) is 4. The van der Waals surface area contributed by atoms with Crippen molar-refractivity contribution in [3.05, 3.63) is 5.82 Å². The first-order valence-electron chi connectivity index (χ1n) is 5.70. The molecule has 3 rings (SSSR count). The van der Waals surface area contributed by atoms with E-state index < -0.39 is 0 Å². The highest BCUT2D eigenvalue weighted by atomic mass is 32.2. The van der Waals surface area contributed by atoms with Crippen molar-refractivity contribution in [2.75, 3.05) is 42.6 Å². The fourth-order valence-corrected chi connectivity index (χ4v) is 3.82. The molecule has 0 bridgehead atoms. The summed E-state index contributed by atoms with van der Waals surface area (Å²) in [5.74, 6) is 3.50. The van der Waals surface area contributed by atoms with Gasteiger partial charge in [0, 0.05) is 55.3 Å². The van der Waals surface area contributed by atoms with Crippen LogP contribution in [0.5, 0.6) is 0 Å². The van der Waals surface area contributed by atoms with Crippen molar-refractivity contribution in [1.29, 1.82) is 0 Å². The van der Waals surface area contributed by atoms with Gasteiger partial charge in [-0.1, -0.05) is 0 Å². The summed E-state index contributed by atoms with van der Waals surface area (Å²) in [7, 11) is 0. The molecule has 0 spiro atoms. The minimum Gasteiger partial charge on any atom is -0.344 e. The Hall–Kier alpha value is -0.330. The molecule has 0 saturated carbocycles. The van der Waals surface area contributed by atoms with Gasteiger partial charge < -0.3 is 4.90 Å². The smallest absolute Gasteiger partial charge is 0.205 e. The average Bonchev–Trinajstić information content (AvgIpc) is 2.64. The second kappa shape index (κ2) is 4.50. The normalized spacial score (nSPS) is 23.4. The molecule has 3 heterocycles. The second-order valence-corrected chi connectivity index (χ2v) is 6.29. The summed E-state index contributed by atoms with van der Waals surface area (Å²) in [5.41, 5.74) is 0. The first-order valence-corrected chi connectivity index (χ1v) is 7.63. The lowest BCUT2D eigenvalue weighted by Crippen LogP contribution is -2.61. The van der Waals surface area contributed by atoms with Gasteiger partial charge in [-0.3, -0.25) is 4.90 Å². The summed E-state index contributed by atoms with van der Waals surface area (Å²) in [6.45, 7) is 6.76. The van der Waals surface area contributed by atoms with Crippen molar-refractivity contribution < 1.29 is 0 Å². The van der Waals surface area contributed by atoms with E-state index in [1.165, 1.54) is 36.1 Å². The van der Waals surface area contributed by atoms with E-state index >= 15 is 0 Å². The van der Waals surface area contributed by atoms with Gasteiger partial charge in [0.2, 0.25) is 5.13 Å². The van der Waals surface area contributed by atoms with Gasteiger partial charge in [0.1, 0.15) is 5.82 Å². The van der Waals surface area contributed by atoms with Gasteiger partial charge in [-0.15, -0.1) is 0 Å². The quantitative estimate of drug-likeness (QED) is 0.791. The lowest BCUT2D eigenvalue weighted by atomic mass is 10.1. The topological polar surface area (TPSA) is 32.3 Å².